The molecule has 2 aliphatic rings. The van der Waals surface area contributed by atoms with Crippen molar-refractivity contribution >= 4 is 12.1 Å². The Morgan fingerprint density at radius 2 is 2.03 bits per heavy atom. The lowest BCUT2D eigenvalue weighted by Crippen LogP contribution is -2.46. The molecule has 0 spiro atoms. The zero-order valence-electron chi connectivity index (χ0n) is 19.0. The highest BCUT2D eigenvalue weighted by molar-refractivity contribution is 5.80. The van der Waals surface area contributed by atoms with E-state index in [9.17, 15) is 4.79 Å². The Morgan fingerprint density at radius 1 is 1.30 bits per heavy atom. The number of nitrogens with one attached hydrogen (secondary N) is 2. The van der Waals surface area contributed by atoms with Crippen molar-refractivity contribution < 1.29 is 13.9 Å². The molecular formula is C22H37N5O3. The molecule has 30 heavy (non-hydrogen) atoms. The van der Waals surface area contributed by atoms with Crippen LogP contribution < -0.4 is 10.6 Å². The van der Waals surface area contributed by atoms with Gasteiger partial charge in [0.2, 0.25) is 0 Å². The Morgan fingerprint density at radius 3 is 2.63 bits per heavy atom. The van der Waals surface area contributed by atoms with Crippen LogP contribution in [0.5, 0.6) is 0 Å². The minimum atomic E-state index is -0.491. The molecule has 1 aromatic rings. The average molecular weight is 420 g/mol. The molecule has 2 unspecified atom stereocenters. The Kier molecular flexibility index (Phi) is 7.28. The van der Waals surface area contributed by atoms with Gasteiger partial charge in [-0.15, -0.1) is 0 Å². The predicted octanol–water partition coefficient (Wildman–Crippen LogP) is 2.90. The van der Waals surface area contributed by atoms with E-state index in [0.717, 1.165) is 50.1 Å². The van der Waals surface area contributed by atoms with Gasteiger partial charge in [0.25, 0.3) is 0 Å². The van der Waals surface area contributed by atoms with Gasteiger partial charge in [0, 0.05) is 26.7 Å². The normalized spacial score (nSPS) is 21.7. The van der Waals surface area contributed by atoms with Gasteiger partial charge in [-0.25, -0.2) is 4.79 Å². The molecule has 0 aromatic carbocycles. The van der Waals surface area contributed by atoms with E-state index in [1.165, 1.54) is 12.8 Å². The molecule has 2 atom stereocenters. The second kappa shape index (κ2) is 9.73. The fraction of sp³-hybridized carbons (Fsp3) is 0.727. The van der Waals surface area contributed by atoms with E-state index in [2.05, 4.69) is 31.5 Å². The molecule has 0 radical (unpaired) electrons. The van der Waals surface area contributed by atoms with Gasteiger partial charge < -0.3 is 24.7 Å². The highest BCUT2D eigenvalue weighted by Gasteiger charge is 2.30. The Bertz CT molecular complexity index is 733. The summed E-state index contributed by atoms with van der Waals surface area (Å²) in [4.78, 5) is 21.2. The van der Waals surface area contributed by atoms with Gasteiger partial charge in [-0.2, -0.15) is 0 Å². The maximum atomic E-state index is 12.1. The second-order valence-corrected chi connectivity index (χ2v) is 9.21. The highest BCUT2D eigenvalue weighted by Crippen LogP contribution is 2.26. The summed E-state index contributed by atoms with van der Waals surface area (Å²) in [5.41, 5.74) is -0.491. The summed E-state index contributed by atoms with van der Waals surface area (Å²) in [7, 11) is 1.80. The first-order chi connectivity index (χ1) is 14.2. The van der Waals surface area contributed by atoms with Crippen molar-refractivity contribution in [3.63, 3.8) is 0 Å². The molecule has 0 aliphatic carbocycles. The zero-order valence-corrected chi connectivity index (χ0v) is 19.0. The largest absolute Gasteiger partial charge is 0.465 e. The maximum absolute atomic E-state index is 12.1. The van der Waals surface area contributed by atoms with Crippen LogP contribution in [-0.2, 0) is 4.74 Å². The lowest BCUT2D eigenvalue weighted by Gasteiger charge is -2.29. The van der Waals surface area contributed by atoms with Crippen LogP contribution in [0.4, 0.5) is 4.79 Å². The first-order valence-electron chi connectivity index (χ1n) is 11.0. The SMILES string of the molecule is CN=C(NCC(c1ccc(C)o1)N1CCCC1)N1CCC(NC(=O)OC(C)(C)C)C1. The van der Waals surface area contributed by atoms with Gasteiger partial charge in [0.1, 0.15) is 17.1 Å². The molecule has 168 valence electrons. The quantitative estimate of drug-likeness (QED) is 0.564. The Balaban J connectivity index is 1.55. The van der Waals surface area contributed by atoms with Crippen LogP contribution in [-0.4, -0.2) is 73.3 Å². The molecule has 3 heterocycles. The van der Waals surface area contributed by atoms with Crippen molar-refractivity contribution in [3.8, 4) is 0 Å². The fourth-order valence-electron chi connectivity index (χ4n) is 4.16. The first-order valence-corrected chi connectivity index (χ1v) is 11.0. The summed E-state index contributed by atoms with van der Waals surface area (Å²) < 4.78 is 11.3. The molecule has 2 N–H and O–H groups in total. The van der Waals surface area contributed by atoms with Gasteiger partial charge in [-0.1, -0.05) is 0 Å². The molecule has 3 rings (SSSR count). The molecule has 2 saturated heterocycles. The van der Waals surface area contributed by atoms with E-state index < -0.39 is 5.60 Å². The Hall–Kier alpha value is -2.22. The van der Waals surface area contributed by atoms with Crippen molar-refractivity contribution in [2.24, 2.45) is 4.99 Å². The number of rotatable bonds is 5. The van der Waals surface area contributed by atoms with Gasteiger partial charge in [0.15, 0.2) is 5.96 Å². The molecule has 1 amide bonds. The average Bonchev–Trinajstić information content (AvgIpc) is 3.40. The molecule has 8 heteroatoms. The van der Waals surface area contributed by atoms with Gasteiger partial charge >= 0.3 is 6.09 Å². The fourth-order valence-corrected chi connectivity index (χ4v) is 4.16. The van der Waals surface area contributed by atoms with Crippen molar-refractivity contribution in [2.45, 2.75) is 64.6 Å². The highest BCUT2D eigenvalue weighted by atomic mass is 16.6. The van der Waals surface area contributed by atoms with Crippen LogP contribution in [0.1, 0.15) is 57.6 Å². The Labute approximate surface area is 180 Å². The summed E-state index contributed by atoms with van der Waals surface area (Å²) in [6, 6.07) is 4.36. The van der Waals surface area contributed by atoms with E-state index in [4.69, 9.17) is 9.15 Å². The van der Waals surface area contributed by atoms with E-state index in [-0.39, 0.29) is 18.2 Å². The van der Waals surface area contributed by atoms with Crippen molar-refractivity contribution in [3.05, 3.63) is 23.7 Å². The van der Waals surface area contributed by atoms with Gasteiger partial charge in [0.05, 0.1) is 12.1 Å². The van der Waals surface area contributed by atoms with Crippen LogP contribution >= 0.6 is 0 Å². The third kappa shape index (κ3) is 6.14. The molecule has 2 aliphatic heterocycles. The van der Waals surface area contributed by atoms with Crippen LogP contribution in [0.3, 0.4) is 0 Å². The smallest absolute Gasteiger partial charge is 0.407 e. The van der Waals surface area contributed by atoms with Crippen molar-refractivity contribution in [1.29, 1.82) is 0 Å². The summed E-state index contributed by atoms with van der Waals surface area (Å²) in [6.45, 7) is 12.1. The number of furan rings is 1. The number of ether oxygens (including phenoxy) is 1. The standard InChI is InChI=1S/C22H37N5O3/c1-16-8-9-19(29-16)18(26-11-6-7-12-26)14-24-20(23-5)27-13-10-17(15-27)25-21(28)30-22(2,3)4/h8-9,17-18H,6-7,10-15H2,1-5H3,(H,23,24)(H,25,28). The molecular weight excluding hydrogens is 382 g/mol. The van der Waals surface area contributed by atoms with E-state index in [0.29, 0.717) is 6.54 Å². The molecule has 8 nitrogen and oxygen atoms in total. The number of amides is 1. The number of carbonyl (C=O) groups excluding carboxylic acids is 1. The molecule has 0 bridgehead atoms. The summed E-state index contributed by atoms with van der Waals surface area (Å²) >= 11 is 0. The lowest BCUT2D eigenvalue weighted by atomic mass is 10.2. The third-order valence-electron chi connectivity index (χ3n) is 5.54. The zero-order chi connectivity index (χ0) is 21.7. The minimum absolute atomic E-state index is 0.0560. The summed E-state index contributed by atoms with van der Waals surface area (Å²) in [5.74, 6) is 2.80. The van der Waals surface area contributed by atoms with Crippen LogP contribution in [0.2, 0.25) is 0 Å². The van der Waals surface area contributed by atoms with Crippen LogP contribution in [0.15, 0.2) is 21.5 Å². The number of carbonyl (C=O) groups is 1. The number of nitrogens with zero attached hydrogens (tertiary/aromatic N) is 3. The van der Waals surface area contributed by atoms with Crippen molar-refractivity contribution in [2.75, 3.05) is 39.8 Å². The summed E-state index contributed by atoms with van der Waals surface area (Å²) in [6.07, 6.45) is 2.97. The monoisotopic (exact) mass is 419 g/mol. The van der Waals surface area contributed by atoms with Crippen LogP contribution in [0.25, 0.3) is 0 Å². The molecule has 2 fully saturated rings. The van der Waals surface area contributed by atoms with E-state index in [1.807, 2.05) is 33.8 Å². The lowest BCUT2D eigenvalue weighted by molar-refractivity contribution is 0.0507. The maximum Gasteiger partial charge on any atom is 0.407 e. The first kappa shape index (κ1) is 22.5. The molecule has 1 aromatic heterocycles. The number of alkyl carbamates (subject to hydrolysis) is 1. The second-order valence-electron chi connectivity index (χ2n) is 9.21. The predicted molar refractivity (Wildman–Crippen MR) is 118 cm³/mol. The van der Waals surface area contributed by atoms with Gasteiger partial charge in [-0.05, 0) is 72.2 Å². The number of aryl methyl sites for hydroxylation is 1. The summed E-state index contributed by atoms with van der Waals surface area (Å²) in [5, 5.41) is 6.51. The van der Waals surface area contributed by atoms with Gasteiger partial charge in [-0.3, -0.25) is 9.89 Å². The number of hydrogen-bond donors (Lipinski definition) is 2. The number of guanidine groups is 1. The third-order valence-corrected chi connectivity index (χ3v) is 5.54. The van der Waals surface area contributed by atoms with E-state index >= 15 is 0 Å². The number of aliphatic imine (C=N–C) groups is 1. The number of likely N-dealkylation sites (tertiary alicyclic amines) is 2. The molecule has 0 saturated carbocycles. The van der Waals surface area contributed by atoms with E-state index in [1.54, 1.807) is 7.05 Å². The van der Waals surface area contributed by atoms with Crippen LogP contribution in [0, 0.1) is 6.92 Å². The van der Waals surface area contributed by atoms with Crippen molar-refractivity contribution in [1.82, 2.24) is 20.4 Å². The topological polar surface area (TPSA) is 82.3 Å². The number of hydrogen-bond acceptors (Lipinski definition) is 5. The minimum Gasteiger partial charge on any atom is -0.465 e.